The van der Waals surface area contributed by atoms with E-state index in [-0.39, 0.29) is 11.9 Å². The van der Waals surface area contributed by atoms with Crippen LogP contribution in [0.5, 0.6) is 0 Å². The number of amides is 1. The highest BCUT2D eigenvalue weighted by molar-refractivity contribution is 7.13. The summed E-state index contributed by atoms with van der Waals surface area (Å²) in [5, 5.41) is 6.07. The van der Waals surface area contributed by atoms with E-state index in [1.54, 1.807) is 17.5 Å². The molecule has 0 aliphatic carbocycles. The average molecular weight is 317 g/mol. The first-order valence-corrected chi connectivity index (χ1v) is 8.26. The van der Waals surface area contributed by atoms with Gasteiger partial charge in [0.05, 0.1) is 18.3 Å². The van der Waals surface area contributed by atoms with Crippen molar-refractivity contribution >= 4 is 28.2 Å². The predicted octanol–water partition coefficient (Wildman–Crippen LogP) is 2.29. The minimum atomic E-state index is -0.283. The Morgan fingerprint density at radius 2 is 2.36 bits per heavy atom. The van der Waals surface area contributed by atoms with Gasteiger partial charge in [-0.05, 0) is 31.5 Å². The lowest BCUT2D eigenvalue weighted by Gasteiger charge is -2.33. The van der Waals surface area contributed by atoms with E-state index >= 15 is 0 Å². The first kappa shape index (κ1) is 14.9. The van der Waals surface area contributed by atoms with Gasteiger partial charge in [0.1, 0.15) is 5.82 Å². The second kappa shape index (κ2) is 6.85. The van der Waals surface area contributed by atoms with E-state index in [9.17, 15) is 4.79 Å². The summed E-state index contributed by atoms with van der Waals surface area (Å²) >= 11 is 1.55. The third-order valence-corrected chi connectivity index (χ3v) is 4.51. The van der Waals surface area contributed by atoms with Gasteiger partial charge in [-0.25, -0.2) is 9.97 Å². The Hall–Kier alpha value is -1.99. The Morgan fingerprint density at radius 1 is 1.45 bits per heavy atom. The Labute approximate surface area is 133 Å². The standard InChI is InChI=1S/C15H19N5OS/c16-13(21)9-20-8-4-2-5-12(20)11-10-22-15(18-11)19-14-6-1-3-7-17-14/h1,3,6-7,10,12H,2,4-5,8-9H2,(H2,16,21)(H,17,18,19)/t12-/m1/s1. The number of nitrogens with two attached hydrogens (primary N) is 1. The highest BCUT2D eigenvalue weighted by Crippen LogP contribution is 2.32. The summed E-state index contributed by atoms with van der Waals surface area (Å²) in [5.74, 6) is 0.495. The van der Waals surface area contributed by atoms with Gasteiger partial charge in [-0.3, -0.25) is 9.69 Å². The molecule has 0 saturated carbocycles. The maximum absolute atomic E-state index is 11.2. The van der Waals surface area contributed by atoms with Gasteiger partial charge in [-0.1, -0.05) is 12.5 Å². The van der Waals surface area contributed by atoms with E-state index in [0.29, 0.717) is 6.54 Å². The van der Waals surface area contributed by atoms with E-state index in [1.807, 2.05) is 18.2 Å². The van der Waals surface area contributed by atoms with E-state index in [2.05, 4.69) is 25.6 Å². The fourth-order valence-corrected chi connectivity index (χ4v) is 3.52. The number of likely N-dealkylation sites (tertiary alicyclic amines) is 1. The Bertz CT molecular complexity index is 630. The zero-order chi connectivity index (χ0) is 15.4. The van der Waals surface area contributed by atoms with Gasteiger partial charge in [0.25, 0.3) is 0 Å². The van der Waals surface area contributed by atoms with Crippen LogP contribution in [0.4, 0.5) is 10.9 Å². The number of primary amides is 1. The molecular weight excluding hydrogens is 298 g/mol. The number of carbonyl (C=O) groups excluding carboxylic acids is 1. The molecule has 116 valence electrons. The van der Waals surface area contributed by atoms with E-state index in [1.165, 1.54) is 0 Å². The van der Waals surface area contributed by atoms with Crippen LogP contribution in [0.15, 0.2) is 29.8 Å². The smallest absolute Gasteiger partial charge is 0.231 e. The van der Waals surface area contributed by atoms with Crippen molar-refractivity contribution in [3.63, 3.8) is 0 Å². The number of rotatable bonds is 5. The number of nitrogens with one attached hydrogen (secondary N) is 1. The molecule has 2 aromatic heterocycles. The van der Waals surface area contributed by atoms with Crippen LogP contribution in [0.2, 0.25) is 0 Å². The Balaban J connectivity index is 1.72. The highest BCUT2D eigenvalue weighted by atomic mass is 32.1. The SMILES string of the molecule is NC(=O)CN1CCCC[C@@H]1c1csc(Nc2ccccn2)n1. The molecule has 22 heavy (non-hydrogen) atoms. The molecule has 1 aliphatic rings. The van der Waals surface area contributed by atoms with Crippen molar-refractivity contribution in [1.82, 2.24) is 14.9 Å². The topological polar surface area (TPSA) is 84.1 Å². The number of nitrogens with zero attached hydrogens (tertiary/aromatic N) is 3. The quantitative estimate of drug-likeness (QED) is 0.884. The fraction of sp³-hybridized carbons (Fsp3) is 0.400. The lowest BCUT2D eigenvalue weighted by Crippen LogP contribution is -2.39. The molecule has 3 rings (SSSR count). The van der Waals surface area contributed by atoms with Crippen molar-refractivity contribution in [2.24, 2.45) is 5.73 Å². The molecule has 7 heteroatoms. The second-order valence-electron chi connectivity index (χ2n) is 5.37. The van der Waals surface area contributed by atoms with Crippen LogP contribution in [0.25, 0.3) is 0 Å². The van der Waals surface area contributed by atoms with E-state index in [0.717, 1.165) is 42.5 Å². The first-order chi connectivity index (χ1) is 10.7. The molecule has 1 aliphatic heterocycles. The summed E-state index contributed by atoms with van der Waals surface area (Å²) in [4.78, 5) is 22.3. The molecule has 1 amide bonds. The number of hydrogen-bond acceptors (Lipinski definition) is 6. The number of aromatic nitrogens is 2. The van der Waals surface area contributed by atoms with Crippen LogP contribution in [0, 0.1) is 0 Å². The van der Waals surface area contributed by atoms with Crippen molar-refractivity contribution < 1.29 is 4.79 Å². The largest absolute Gasteiger partial charge is 0.369 e. The van der Waals surface area contributed by atoms with Crippen LogP contribution in [0.1, 0.15) is 31.0 Å². The van der Waals surface area contributed by atoms with Crippen LogP contribution < -0.4 is 11.1 Å². The third-order valence-electron chi connectivity index (χ3n) is 3.74. The molecule has 3 heterocycles. The molecular formula is C15H19N5OS. The molecule has 0 bridgehead atoms. The van der Waals surface area contributed by atoms with Gasteiger partial charge in [0.2, 0.25) is 5.91 Å². The van der Waals surface area contributed by atoms with Crippen LogP contribution >= 0.6 is 11.3 Å². The summed E-state index contributed by atoms with van der Waals surface area (Å²) in [7, 11) is 0. The van der Waals surface area contributed by atoms with Gasteiger partial charge in [0.15, 0.2) is 5.13 Å². The van der Waals surface area contributed by atoms with Crippen molar-refractivity contribution in [2.75, 3.05) is 18.4 Å². The van der Waals surface area contributed by atoms with Gasteiger partial charge in [-0.2, -0.15) is 0 Å². The zero-order valence-corrected chi connectivity index (χ0v) is 13.1. The minimum absolute atomic E-state index is 0.178. The van der Waals surface area contributed by atoms with Crippen LogP contribution in [-0.2, 0) is 4.79 Å². The van der Waals surface area contributed by atoms with Crippen LogP contribution in [-0.4, -0.2) is 33.9 Å². The monoisotopic (exact) mass is 317 g/mol. The number of pyridine rings is 1. The summed E-state index contributed by atoms with van der Waals surface area (Å²) in [6.45, 7) is 1.19. The number of thiazole rings is 1. The summed E-state index contributed by atoms with van der Waals surface area (Å²) in [6.07, 6.45) is 5.01. The van der Waals surface area contributed by atoms with Crippen molar-refractivity contribution in [1.29, 1.82) is 0 Å². The van der Waals surface area contributed by atoms with Crippen molar-refractivity contribution in [2.45, 2.75) is 25.3 Å². The van der Waals surface area contributed by atoms with Gasteiger partial charge < -0.3 is 11.1 Å². The van der Waals surface area contributed by atoms with Gasteiger partial charge in [0, 0.05) is 11.6 Å². The highest BCUT2D eigenvalue weighted by Gasteiger charge is 2.26. The zero-order valence-electron chi connectivity index (χ0n) is 12.2. The molecule has 0 unspecified atom stereocenters. The average Bonchev–Trinajstić information content (AvgIpc) is 2.96. The van der Waals surface area contributed by atoms with Crippen molar-refractivity contribution in [3.05, 3.63) is 35.5 Å². The maximum Gasteiger partial charge on any atom is 0.231 e. The minimum Gasteiger partial charge on any atom is -0.369 e. The molecule has 3 N–H and O–H groups in total. The molecule has 2 aromatic rings. The third kappa shape index (κ3) is 3.61. The number of piperidine rings is 1. The van der Waals surface area contributed by atoms with Crippen LogP contribution in [0.3, 0.4) is 0 Å². The van der Waals surface area contributed by atoms with Crippen molar-refractivity contribution in [3.8, 4) is 0 Å². The molecule has 1 fully saturated rings. The molecule has 0 aromatic carbocycles. The maximum atomic E-state index is 11.2. The summed E-state index contributed by atoms with van der Waals surface area (Å²) < 4.78 is 0. The number of anilines is 2. The van der Waals surface area contributed by atoms with Gasteiger partial charge >= 0.3 is 0 Å². The summed E-state index contributed by atoms with van der Waals surface area (Å²) in [5.41, 5.74) is 6.36. The first-order valence-electron chi connectivity index (χ1n) is 7.38. The lowest BCUT2D eigenvalue weighted by atomic mass is 10.00. The Kier molecular flexibility index (Phi) is 4.65. The molecule has 0 radical (unpaired) electrons. The lowest BCUT2D eigenvalue weighted by molar-refractivity contribution is -0.120. The number of carbonyl (C=O) groups is 1. The normalized spacial score (nSPS) is 19.0. The molecule has 0 spiro atoms. The predicted molar refractivity (Wildman–Crippen MR) is 87.0 cm³/mol. The Morgan fingerprint density at radius 3 is 3.14 bits per heavy atom. The fourth-order valence-electron chi connectivity index (χ4n) is 2.76. The van der Waals surface area contributed by atoms with Gasteiger partial charge in [-0.15, -0.1) is 11.3 Å². The molecule has 1 saturated heterocycles. The molecule has 6 nitrogen and oxygen atoms in total. The second-order valence-corrected chi connectivity index (χ2v) is 6.22. The number of hydrogen-bond donors (Lipinski definition) is 2. The summed E-state index contributed by atoms with van der Waals surface area (Å²) in [6, 6.07) is 5.89. The van der Waals surface area contributed by atoms with E-state index < -0.39 is 0 Å². The van der Waals surface area contributed by atoms with E-state index in [4.69, 9.17) is 5.73 Å². The molecule has 1 atom stereocenters.